The molecule has 4 nitrogen and oxygen atoms in total. The number of benzene rings is 2. The summed E-state index contributed by atoms with van der Waals surface area (Å²) in [7, 11) is 1.65. The van der Waals surface area contributed by atoms with Crippen molar-refractivity contribution in [1.29, 1.82) is 0 Å². The summed E-state index contributed by atoms with van der Waals surface area (Å²) in [5, 5.41) is 29.2. The highest BCUT2D eigenvalue weighted by Crippen LogP contribution is 2.28. The van der Waals surface area contributed by atoms with E-state index in [1.165, 1.54) is 23.8 Å². The van der Waals surface area contributed by atoms with E-state index in [-0.39, 0.29) is 11.5 Å². The first-order valence-corrected chi connectivity index (χ1v) is 7.82. The van der Waals surface area contributed by atoms with Gasteiger partial charge in [-0.05, 0) is 60.6 Å². The lowest BCUT2D eigenvalue weighted by atomic mass is 9.93. The molecule has 4 heteroatoms. The van der Waals surface area contributed by atoms with Crippen LogP contribution in [0.2, 0.25) is 0 Å². The predicted octanol–water partition coefficient (Wildman–Crippen LogP) is 3.80. The monoisotopic (exact) mass is 316 g/mol. The number of phenolic OH excluding ortho intramolecular Hbond substituents is 2. The molecule has 0 aliphatic rings. The zero-order chi connectivity index (χ0) is 16.8. The molecule has 2 atom stereocenters. The Balaban J connectivity index is 1.86. The second kappa shape index (κ2) is 7.88. The van der Waals surface area contributed by atoms with Gasteiger partial charge in [-0.3, -0.25) is 0 Å². The standard InChI is InChI=1S/C19H24O4/c1-13(9-14-4-6-18(23-2)7-5-14)3-8-19(22)15-10-16(20)12-17(21)11-15/h4-7,10-13,19-22H,3,8-9H2,1-2H3/t13-,19-/m0/s1. The number of aliphatic hydroxyl groups excluding tert-OH is 1. The van der Waals surface area contributed by atoms with Crippen LogP contribution in [-0.2, 0) is 6.42 Å². The second-order valence-corrected chi connectivity index (χ2v) is 6.03. The maximum absolute atomic E-state index is 10.2. The molecule has 2 rings (SSSR count). The highest BCUT2D eigenvalue weighted by atomic mass is 16.5. The van der Waals surface area contributed by atoms with Gasteiger partial charge in [0.05, 0.1) is 13.2 Å². The average Bonchev–Trinajstić information content (AvgIpc) is 2.52. The van der Waals surface area contributed by atoms with Crippen LogP contribution in [0.15, 0.2) is 42.5 Å². The lowest BCUT2D eigenvalue weighted by molar-refractivity contribution is 0.157. The Kier molecular flexibility index (Phi) is 5.88. The van der Waals surface area contributed by atoms with Crippen molar-refractivity contribution in [2.24, 2.45) is 5.92 Å². The van der Waals surface area contributed by atoms with Gasteiger partial charge < -0.3 is 20.1 Å². The highest BCUT2D eigenvalue weighted by Gasteiger charge is 2.12. The third-order valence-electron chi connectivity index (χ3n) is 3.99. The molecule has 124 valence electrons. The Labute approximate surface area is 137 Å². The molecule has 0 amide bonds. The summed E-state index contributed by atoms with van der Waals surface area (Å²) in [4.78, 5) is 0. The largest absolute Gasteiger partial charge is 0.508 e. The fraction of sp³-hybridized carbons (Fsp3) is 0.368. The van der Waals surface area contributed by atoms with Crippen molar-refractivity contribution < 1.29 is 20.1 Å². The quantitative estimate of drug-likeness (QED) is 0.726. The molecule has 0 spiro atoms. The minimum absolute atomic E-state index is 0.0367. The molecular formula is C19H24O4. The van der Waals surface area contributed by atoms with Crippen molar-refractivity contribution in [2.75, 3.05) is 7.11 Å². The number of aliphatic hydroxyl groups is 1. The van der Waals surface area contributed by atoms with Crippen molar-refractivity contribution >= 4 is 0 Å². The zero-order valence-electron chi connectivity index (χ0n) is 13.6. The molecule has 3 N–H and O–H groups in total. The number of methoxy groups -OCH3 is 1. The molecule has 2 aromatic carbocycles. The van der Waals surface area contributed by atoms with E-state index in [9.17, 15) is 15.3 Å². The molecular weight excluding hydrogens is 292 g/mol. The molecule has 0 saturated carbocycles. The van der Waals surface area contributed by atoms with Gasteiger partial charge in [0.25, 0.3) is 0 Å². The predicted molar refractivity (Wildman–Crippen MR) is 89.8 cm³/mol. The van der Waals surface area contributed by atoms with Crippen molar-refractivity contribution in [3.8, 4) is 17.2 Å². The van der Waals surface area contributed by atoms with Crippen LogP contribution in [0.25, 0.3) is 0 Å². The van der Waals surface area contributed by atoms with Crippen molar-refractivity contribution in [1.82, 2.24) is 0 Å². The van der Waals surface area contributed by atoms with E-state index in [1.807, 2.05) is 12.1 Å². The van der Waals surface area contributed by atoms with E-state index in [0.29, 0.717) is 17.9 Å². The number of rotatable bonds is 7. The Morgan fingerprint density at radius 3 is 2.13 bits per heavy atom. The molecule has 0 aliphatic heterocycles. The Morgan fingerprint density at radius 1 is 0.957 bits per heavy atom. The molecule has 2 aromatic rings. The molecule has 0 aliphatic carbocycles. The Morgan fingerprint density at radius 2 is 1.57 bits per heavy atom. The molecule has 0 saturated heterocycles. The number of phenols is 2. The van der Waals surface area contributed by atoms with Crippen molar-refractivity contribution in [3.63, 3.8) is 0 Å². The summed E-state index contributed by atoms with van der Waals surface area (Å²) in [6, 6.07) is 12.2. The molecule has 0 bridgehead atoms. The first-order valence-electron chi connectivity index (χ1n) is 7.82. The second-order valence-electron chi connectivity index (χ2n) is 6.03. The molecule has 0 unspecified atom stereocenters. The zero-order valence-corrected chi connectivity index (χ0v) is 13.6. The summed E-state index contributed by atoms with van der Waals surface area (Å²) in [5.74, 6) is 1.19. The molecule has 0 fully saturated rings. The molecule has 0 aromatic heterocycles. The third kappa shape index (κ3) is 5.18. The maximum atomic E-state index is 10.2. The summed E-state index contributed by atoms with van der Waals surface area (Å²) in [6.07, 6.45) is 1.68. The summed E-state index contributed by atoms with van der Waals surface area (Å²) in [5.41, 5.74) is 1.78. The van der Waals surface area contributed by atoms with Crippen LogP contribution in [0.5, 0.6) is 17.2 Å². The Hall–Kier alpha value is -2.20. The van der Waals surface area contributed by atoms with Gasteiger partial charge >= 0.3 is 0 Å². The average molecular weight is 316 g/mol. The van der Waals surface area contributed by atoms with Gasteiger partial charge in [0.15, 0.2) is 0 Å². The van der Waals surface area contributed by atoms with Gasteiger partial charge in [-0.15, -0.1) is 0 Å². The minimum Gasteiger partial charge on any atom is -0.508 e. The van der Waals surface area contributed by atoms with E-state index in [0.717, 1.165) is 18.6 Å². The number of hydrogen-bond acceptors (Lipinski definition) is 4. The number of hydrogen-bond donors (Lipinski definition) is 3. The van der Waals surface area contributed by atoms with Crippen LogP contribution in [0.1, 0.15) is 37.0 Å². The van der Waals surface area contributed by atoms with E-state index in [4.69, 9.17) is 4.74 Å². The first kappa shape index (κ1) is 17.2. The van der Waals surface area contributed by atoms with Gasteiger partial charge in [0.1, 0.15) is 17.2 Å². The third-order valence-corrected chi connectivity index (χ3v) is 3.99. The first-order chi connectivity index (χ1) is 11.0. The lowest BCUT2D eigenvalue weighted by Gasteiger charge is -2.16. The highest BCUT2D eigenvalue weighted by molar-refractivity contribution is 5.37. The van der Waals surface area contributed by atoms with Crippen molar-refractivity contribution in [3.05, 3.63) is 53.6 Å². The smallest absolute Gasteiger partial charge is 0.119 e. The van der Waals surface area contributed by atoms with E-state index >= 15 is 0 Å². The van der Waals surface area contributed by atoms with Crippen molar-refractivity contribution in [2.45, 2.75) is 32.3 Å². The van der Waals surface area contributed by atoms with E-state index in [2.05, 4.69) is 19.1 Å². The summed E-state index contributed by atoms with van der Waals surface area (Å²) in [6.45, 7) is 2.15. The topological polar surface area (TPSA) is 69.9 Å². The maximum Gasteiger partial charge on any atom is 0.119 e. The Bertz CT molecular complexity index is 602. The van der Waals surface area contributed by atoms with Gasteiger partial charge in [-0.1, -0.05) is 19.1 Å². The van der Waals surface area contributed by atoms with Gasteiger partial charge in [-0.25, -0.2) is 0 Å². The molecule has 0 radical (unpaired) electrons. The SMILES string of the molecule is COc1ccc(C[C@@H](C)CC[C@H](O)c2cc(O)cc(O)c2)cc1. The fourth-order valence-corrected chi connectivity index (χ4v) is 2.69. The van der Waals surface area contributed by atoms with E-state index in [1.54, 1.807) is 7.11 Å². The normalized spacial score (nSPS) is 13.5. The van der Waals surface area contributed by atoms with Crippen LogP contribution >= 0.6 is 0 Å². The van der Waals surface area contributed by atoms with Gasteiger partial charge in [0, 0.05) is 6.07 Å². The van der Waals surface area contributed by atoms with Gasteiger partial charge in [-0.2, -0.15) is 0 Å². The minimum atomic E-state index is -0.689. The lowest BCUT2D eigenvalue weighted by Crippen LogP contribution is -2.04. The summed E-state index contributed by atoms with van der Waals surface area (Å²) < 4.78 is 5.15. The van der Waals surface area contributed by atoms with Crippen LogP contribution in [0.3, 0.4) is 0 Å². The number of ether oxygens (including phenoxy) is 1. The molecule has 0 heterocycles. The van der Waals surface area contributed by atoms with Gasteiger partial charge in [0.2, 0.25) is 0 Å². The number of aromatic hydroxyl groups is 2. The fourth-order valence-electron chi connectivity index (χ4n) is 2.69. The van der Waals surface area contributed by atoms with E-state index < -0.39 is 6.10 Å². The van der Waals surface area contributed by atoms with Crippen LogP contribution in [0.4, 0.5) is 0 Å². The molecule has 23 heavy (non-hydrogen) atoms. The van der Waals surface area contributed by atoms with Crippen LogP contribution in [0, 0.1) is 5.92 Å². The van der Waals surface area contributed by atoms with Crippen LogP contribution < -0.4 is 4.74 Å². The summed E-state index contributed by atoms with van der Waals surface area (Å²) >= 11 is 0. The van der Waals surface area contributed by atoms with Crippen LogP contribution in [-0.4, -0.2) is 22.4 Å².